The summed E-state index contributed by atoms with van der Waals surface area (Å²) in [7, 11) is 0. The average molecular weight is 380 g/mol. The summed E-state index contributed by atoms with van der Waals surface area (Å²) in [6.07, 6.45) is 0. The van der Waals surface area contributed by atoms with Gasteiger partial charge in [-0.25, -0.2) is 13.2 Å². The Kier molecular flexibility index (Phi) is 7.23. The summed E-state index contributed by atoms with van der Waals surface area (Å²) >= 11 is 11.6. The Labute approximate surface area is 142 Å². The third kappa shape index (κ3) is 3.99. The summed E-state index contributed by atoms with van der Waals surface area (Å²) in [5, 5.41) is 11.6. The summed E-state index contributed by atoms with van der Waals surface area (Å²) < 4.78 is 42.7. The first kappa shape index (κ1) is 19.8. The fraction of sp³-hybridized carbons (Fsp3) is 0.538. The number of piperazine rings is 1. The van der Waals surface area contributed by atoms with Crippen molar-refractivity contribution in [3.63, 3.8) is 0 Å². The lowest BCUT2D eigenvalue weighted by molar-refractivity contribution is -0.119. The first-order chi connectivity index (χ1) is 9.88. The predicted octanol–water partition coefficient (Wildman–Crippen LogP) is 3.13. The number of alkyl halides is 2. The first-order valence-electron chi connectivity index (χ1n) is 6.45. The van der Waals surface area contributed by atoms with Crippen LogP contribution in [0.4, 0.5) is 13.2 Å². The average Bonchev–Trinajstić information content (AvgIpc) is 2.48. The molecule has 0 spiro atoms. The largest absolute Gasteiger partial charge is 0.390 e. The van der Waals surface area contributed by atoms with Gasteiger partial charge in [0, 0.05) is 36.8 Å². The van der Waals surface area contributed by atoms with E-state index in [9.17, 15) is 13.2 Å². The summed E-state index contributed by atoms with van der Waals surface area (Å²) in [5.41, 5.74) is -0.370. The number of nitrogens with zero attached hydrogens (tertiary/aromatic N) is 1. The molecule has 0 aromatic heterocycles. The van der Waals surface area contributed by atoms with Crippen LogP contribution in [0.15, 0.2) is 12.1 Å². The number of rotatable bonds is 4. The van der Waals surface area contributed by atoms with E-state index in [4.69, 9.17) is 28.3 Å². The molecule has 0 aliphatic carbocycles. The molecule has 3 nitrogen and oxygen atoms in total. The highest BCUT2D eigenvalue weighted by atomic mass is 35.5. The summed E-state index contributed by atoms with van der Waals surface area (Å²) in [4.78, 5) is 1.41. The second kappa shape index (κ2) is 8.04. The second-order valence-electron chi connectivity index (χ2n) is 4.86. The van der Waals surface area contributed by atoms with Crippen LogP contribution in [0.1, 0.15) is 11.6 Å². The highest BCUT2D eigenvalue weighted by molar-refractivity contribution is 6.33. The zero-order chi connectivity index (χ0) is 15.6. The smallest absolute Gasteiger partial charge is 0.290 e. The molecular formula is C13H16Cl3F3N2O. The van der Waals surface area contributed by atoms with Gasteiger partial charge in [-0.2, -0.15) is 0 Å². The molecule has 1 fully saturated rings. The lowest BCUT2D eigenvalue weighted by Crippen LogP contribution is -2.51. The number of hydrogen-bond donors (Lipinski definition) is 2. The summed E-state index contributed by atoms with van der Waals surface area (Å²) in [5.74, 6) is -4.51. The van der Waals surface area contributed by atoms with Crippen LogP contribution in [-0.4, -0.2) is 48.7 Å². The molecule has 2 N–H and O–H groups in total. The third-order valence-electron chi connectivity index (χ3n) is 3.48. The van der Waals surface area contributed by atoms with Crippen molar-refractivity contribution in [1.82, 2.24) is 10.2 Å². The van der Waals surface area contributed by atoms with Gasteiger partial charge in [-0.1, -0.05) is 23.2 Å². The number of hydrogen-bond acceptors (Lipinski definition) is 3. The maximum atomic E-state index is 14.3. The van der Waals surface area contributed by atoms with Crippen LogP contribution in [0, 0.1) is 5.82 Å². The van der Waals surface area contributed by atoms with Crippen LogP contribution in [0.2, 0.25) is 10.0 Å². The lowest BCUT2D eigenvalue weighted by Gasteiger charge is -2.39. The van der Waals surface area contributed by atoms with Crippen LogP contribution in [0.25, 0.3) is 0 Å². The molecule has 1 heterocycles. The van der Waals surface area contributed by atoms with Crippen LogP contribution in [0.5, 0.6) is 0 Å². The van der Waals surface area contributed by atoms with Crippen molar-refractivity contribution in [3.05, 3.63) is 33.6 Å². The van der Waals surface area contributed by atoms with Gasteiger partial charge in [-0.3, -0.25) is 4.90 Å². The molecule has 9 heteroatoms. The zero-order valence-corrected chi connectivity index (χ0v) is 13.8. The number of aliphatic hydroxyl groups is 1. The van der Waals surface area contributed by atoms with Gasteiger partial charge in [-0.15, -0.1) is 12.4 Å². The van der Waals surface area contributed by atoms with Crippen molar-refractivity contribution in [3.8, 4) is 0 Å². The van der Waals surface area contributed by atoms with E-state index in [-0.39, 0.29) is 28.0 Å². The van der Waals surface area contributed by atoms with Crippen molar-refractivity contribution in [1.29, 1.82) is 0 Å². The maximum Gasteiger partial charge on any atom is 0.290 e. The van der Waals surface area contributed by atoms with Gasteiger partial charge >= 0.3 is 0 Å². The highest BCUT2D eigenvalue weighted by Gasteiger charge is 2.46. The molecule has 1 aliphatic rings. The standard InChI is InChI=1S/C13H15Cl2F3N2O.ClH/c14-8-1-2-9(15)11(16)10(8)12(13(17,18)7-21)20-5-3-19-4-6-20;/h1-2,12,19,21H,3-7H2;1H/t12-;/m1./s1. The van der Waals surface area contributed by atoms with Crippen LogP contribution >= 0.6 is 35.6 Å². The van der Waals surface area contributed by atoms with Crippen LogP contribution in [-0.2, 0) is 0 Å². The Morgan fingerprint density at radius 1 is 1.23 bits per heavy atom. The SMILES string of the molecule is Cl.OCC(F)(F)[C@@H](c1c(Cl)ccc(Cl)c1F)N1CCNCC1. The van der Waals surface area contributed by atoms with Crippen LogP contribution in [0.3, 0.4) is 0 Å². The zero-order valence-electron chi connectivity index (χ0n) is 11.5. The van der Waals surface area contributed by atoms with Crippen molar-refractivity contribution in [2.24, 2.45) is 0 Å². The normalized spacial score (nSPS) is 17.9. The number of benzene rings is 1. The van der Waals surface area contributed by atoms with E-state index >= 15 is 0 Å². The Balaban J connectivity index is 0.00000242. The van der Waals surface area contributed by atoms with Crippen molar-refractivity contribution in [2.45, 2.75) is 12.0 Å². The Morgan fingerprint density at radius 3 is 2.32 bits per heavy atom. The Bertz CT molecular complexity index is 514. The van der Waals surface area contributed by atoms with E-state index in [0.717, 1.165) is 0 Å². The van der Waals surface area contributed by atoms with Gasteiger partial charge in [0.05, 0.1) is 5.02 Å². The topological polar surface area (TPSA) is 35.5 Å². The number of aliphatic hydroxyl groups excluding tert-OH is 1. The molecule has 0 radical (unpaired) electrons. The fourth-order valence-corrected chi connectivity index (χ4v) is 2.90. The molecule has 1 saturated heterocycles. The number of halogens is 6. The lowest BCUT2D eigenvalue weighted by atomic mass is 9.97. The van der Waals surface area contributed by atoms with Crippen molar-refractivity contribution < 1.29 is 18.3 Å². The van der Waals surface area contributed by atoms with E-state index < -0.39 is 24.4 Å². The van der Waals surface area contributed by atoms with Gasteiger partial charge in [0.15, 0.2) is 0 Å². The van der Waals surface area contributed by atoms with E-state index in [1.54, 1.807) is 0 Å². The molecular weight excluding hydrogens is 364 g/mol. The van der Waals surface area contributed by atoms with Gasteiger partial charge in [0.1, 0.15) is 18.5 Å². The minimum Gasteiger partial charge on any atom is -0.390 e. The predicted molar refractivity (Wildman–Crippen MR) is 82.9 cm³/mol. The third-order valence-corrected chi connectivity index (χ3v) is 4.10. The van der Waals surface area contributed by atoms with E-state index in [1.165, 1.54) is 17.0 Å². The fourth-order valence-electron chi connectivity index (χ4n) is 2.48. The maximum absolute atomic E-state index is 14.3. The summed E-state index contributed by atoms with van der Waals surface area (Å²) in [6, 6.07) is 0.843. The Hall–Kier alpha value is -0.240. The molecule has 0 unspecified atom stereocenters. The van der Waals surface area contributed by atoms with E-state index in [2.05, 4.69) is 5.32 Å². The molecule has 126 valence electrons. The van der Waals surface area contributed by atoms with Gasteiger partial charge < -0.3 is 10.4 Å². The molecule has 22 heavy (non-hydrogen) atoms. The molecule has 0 amide bonds. The van der Waals surface area contributed by atoms with Crippen molar-refractivity contribution in [2.75, 3.05) is 32.8 Å². The molecule has 1 aromatic rings. The first-order valence-corrected chi connectivity index (χ1v) is 7.21. The minimum atomic E-state index is -3.54. The number of nitrogens with one attached hydrogen (secondary N) is 1. The molecule has 1 atom stereocenters. The molecule has 1 aromatic carbocycles. The molecule has 2 rings (SSSR count). The monoisotopic (exact) mass is 378 g/mol. The quantitative estimate of drug-likeness (QED) is 0.789. The second-order valence-corrected chi connectivity index (χ2v) is 5.68. The summed E-state index contributed by atoms with van der Waals surface area (Å²) in [6.45, 7) is 0.185. The van der Waals surface area contributed by atoms with E-state index in [0.29, 0.717) is 26.2 Å². The van der Waals surface area contributed by atoms with Gasteiger partial charge in [0.25, 0.3) is 5.92 Å². The molecule has 0 bridgehead atoms. The van der Waals surface area contributed by atoms with E-state index in [1.807, 2.05) is 0 Å². The molecule has 0 saturated carbocycles. The van der Waals surface area contributed by atoms with Crippen molar-refractivity contribution >= 4 is 35.6 Å². The highest BCUT2D eigenvalue weighted by Crippen LogP contribution is 2.42. The minimum absolute atomic E-state index is 0. The Morgan fingerprint density at radius 2 is 1.77 bits per heavy atom. The molecule has 1 aliphatic heterocycles. The van der Waals surface area contributed by atoms with Crippen LogP contribution < -0.4 is 5.32 Å². The van der Waals surface area contributed by atoms with Gasteiger partial charge in [-0.05, 0) is 12.1 Å². The van der Waals surface area contributed by atoms with Gasteiger partial charge in [0.2, 0.25) is 0 Å².